The first-order valence-corrected chi connectivity index (χ1v) is 27.1. The summed E-state index contributed by atoms with van der Waals surface area (Å²) >= 11 is 0. The molecule has 388 valence electrons. The van der Waals surface area contributed by atoms with Gasteiger partial charge in [0.05, 0.1) is 25.4 Å². The highest BCUT2D eigenvalue weighted by molar-refractivity contribution is 5.80. The van der Waals surface area contributed by atoms with Gasteiger partial charge in [-0.15, -0.1) is 0 Å². The molecule has 1 aliphatic heterocycles. The molecule has 0 aromatic carbocycles. The minimum atomic E-state index is -1.64. The number of allylic oxidation sites excluding steroid dienone is 9. The van der Waals surface area contributed by atoms with Crippen LogP contribution in [0, 0.1) is 0 Å². The van der Waals surface area contributed by atoms with Crippen molar-refractivity contribution in [3.8, 4) is 0 Å². The van der Waals surface area contributed by atoms with E-state index in [1.165, 1.54) is 96.3 Å². The van der Waals surface area contributed by atoms with Crippen molar-refractivity contribution in [1.82, 2.24) is 5.32 Å². The van der Waals surface area contributed by atoms with E-state index in [1.54, 1.807) is 6.08 Å². The van der Waals surface area contributed by atoms with E-state index < -0.39 is 67.4 Å². The van der Waals surface area contributed by atoms with Gasteiger partial charge in [0.25, 0.3) is 0 Å². The molecule has 0 spiro atoms. The van der Waals surface area contributed by atoms with Crippen LogP contribution in [-0.2, 0) is 23.8 Å². The van der Waals surface area contributed by atoms with Gasteiger partial charge in [0.2, 0.25) is 5.91 Å². The number of amides is 1. The van der Waals surface area contributed by atoms with Crippen molar-refractivity contribution in [2.75, 3.05) is 13.2 Å². The molecule has 0 saturated carbocycles. The van der Waals surface area contributed by atoms with Gasteiger partial charge in [-0.3, -0.25) is 9.59 Å². The molecule has 1 amide bonds. The predicted octanol–water partition coefficient (Wildman–Crippen LogP) is 11.5. The van der Waals surface area contributed by atoms with Crippen LogP contribution in [0.3, 0.4) is 0 Å². The van der Waals surface area contributed by atoms with Crippen LogP contribution in [0.1, 0.15) is 220 Å². The highest BCUT2D eigenvalue weighted by Crippen LogP contribution is 2.26. The first-order chi connectivity index (χ1) is 32.7. The Bertz CT molecular complexity index is 1320. The Morgan fingerprint density at radius 3 is 1.64 bits per heavy atom. The third-order valence-electron chi connectivity index (χ3n) is 12.4. The number of ether oxygens (including phenoxy) is 3. The van der Waals surface area contributed by atoms with Crippen molar-refractivity contribution in [2.24, 2.45) is 0 Å². The molecule has 1 fully saturated rings. The standard InChI is InChI=1S/C56H99NO10/c1-4-7-10-13-16-19-22-24-26-28-31-34-37-40-43-49(60)55(64)57-47(48(59)42-39-36-33-30-27-21-18-15-12-9-6-3)46-65-56-54(53(63)52(62)50(45-58)66-56)67-51(61)44-41-38-35-32-29-25-23-20-17-14-11-8-5-2/h16,19,22,24-25,29,35,38-39,42,47-50,52-54,56,58-60,62-63H,4-15,17-18,20-21,23,26-28,30-34,36-37,40-41,43-46H2,1-3H3,(H,57,64)/b19-16+,24-22+,29-25-,38-35+,42-39+. The molecule has 0 aromatic heterocycles. The van der Waals surface area contributed by atoms with Gasteiger partial charge in [-0.25, -0.2) is 0 Å². The molecule has 0 radical (unpaired) electrons. The van der Waals surface area contributed by atoms with E-state index in [0.29, 0.717) is 12.8 Å². The fourth-order valence-corrected chi connectivity index (χ4v) is 8.05. The molecule has 8 atom stereocenters. The number of aliphatic hydroxyl groups excluding tert-OH is 5. The zero-order valence-corrected chi connectivity index (χ0v) is 42.5. The second-order valence-electron chi connectivity index (χ2n) is 18.6. The second kappa shape index (κ2) is 44.6. The highest BCUT2D eigenvalue weighted by atomic mass is 16.7. The van der Waals surface area contributed by atoms with Crippen LogP contribution in [0.2, 0.25) is 0 Å². The first-order valence-electron chi connectivity index (χ1n) is 27.1. The lowest BCUT2D eigenvalue weighted by Gasteiger charge is -2.41. The van der Waals surface area contributed by atoms with Gasteiger partial charge in [-0.05, 0) is 70.6 Å². The van der Waals surface area contributed by atoms with E-state index in [9.17, 15) is 35.1 Å². The van der Waals surface area contributed by atoms with Crippen LogP contribution < -0.4 is 5.32 Å². The fraction of sp³-hybridized carbons (Fsp3) is 0.786. The highest BCUT2D eigenvalue weighted by Gasteiger charge is 2.47. The molecule has 11 nitrogen and oxygen atoms in total. The van der Waals surface area contributed by atoms with Crippen molar-refractivity contribution in [1.29, 1.82) is 0 Å². The van der Waals surface area contributed by atoms with Gasteiger partial charge in [0, 0.05) is 6.42 Å². The average Bonchev–Trinajstić information content (AvgIpc) is 3.32. The van der Waals surface area contributed by atoms with E-state index in [-0.39, 0.29) is 19.4 Å². The van der Waals surface area contributed by atoms with E-state index >= 15 is 0 Å². The number of unbranched alkanes of at least 4 members (excludes halogenated alkanes) is 23. The molecule has 1 heterocycles. The van der Waals surface area contributed by atoms with Crippen LogP contribution >= 0.6 is 0 Å². The van der Waals surface area contributed by atoms with E-state index in [4.69, 9.17) is 14.2 Å². The largest absolute Gasteiger partial charge is 0.454 e. The maximum Gasteiger partial charge on any atom is 0.306 e. The fourth-order valence-electron chi connectivity index (χ4n) is 8.05. The molecule has 8 unspecified atom stereocenters. The quantitative estimate of drug-likeness (QED) is 0.0149. The molecule has 0 bridgehead atoms. The zero-order chi connectivity index (χ0) is 49.0. The van der Waals surface area contributed by atoms with Crippen LogP contribution in [0.4, 0.5) is 0 Å². The summed E-state index contributed by atoms with van der Waals surface area (Å²) in [6, 6.07) is -1.04. The number of aliphatic hydroxyl groups is 5. The van der Waals surface area contributed by atoms with E-state index in [2.05, 4.69) is 62.5 Å². The summed E-state index contributed by atoms with van der Waals surface area (Å²) in [5.41, 5.74) is 0. The van der Waals surface area contributed by atoms with Crippen molar-refractivity contribution in [3.63, 3.8) is 0 Å². The number of hydrogen-bond donors (Lipinski definition) is 6. The van der Waals surface area contributed by atoms with Crippen molar-refractivity contribution >= 4 is 11.9 Å². The van der Waals surface area contributed by atoms with Gasteiger partial charge < -0.3 is 45.1 Å². The van der Waals surface area contributed by atoms with Crippen molar-refractivity contribution in [3.05, 3.63) is 60.8 Å². The Labute approximate surface area is 408 Å². The topological polar surface area (TPSA) is 175 Å². The van der Waals surface area contributed by atoms with Gasteiger partial charge in [-0.2, -0.15) is 0 Å². The second-order valence-corrected chi connectivity index (χ2v) is 18.6. The number of carbonyl (C=O) groups excluding carboxylic acids is 2. The maximum atomic E-state index is 13.3. The molecule has 0 aliphatic carbocycles. The predicted molar refractivity (Wildman–Crippen MR) is 273 cm³/mol. The van der Waals surface area contributed by atoms with Crippen LogP contribution in [-0.4, -0.2) is 99.6 Å². The SMILES string of the molecule is CCCCC/C=C/C=C/CCCCCCCC(O)C(=O)NC(COC1OC(CO)C(O)C(O)C1OC(=O)CC/C=C/C/C=C\CCCCCCCC)C(O)/C=C/CCCCCCCCCCC. The Hall–Kier alpha value is -2.64. The zero-order valence-electron chi connectivity index (χ0n) is 42.5. The minimum absolute atomic E-state index is 0.0148. The van der Waals surface area contributed by atoms with Crippen molar-refractivity contribution in [2.45, 2.75) is 269 Å². The lowest BCUT2D eigenvalue weighted by Crippen LogP contribution is -2.61. The first kappa shape index (κ1) is 62.4. The minimum Gasteiger partial charge on any atom is -0.454 e. The van der Waals surface area contributed by atoms with Crippen LogP contribution in [0.15, 0.2) is 60.8 Å². The molecule has 1 saturated heterocycles. The summed E-state index contributed by atoms with van der Waals surface area (Å²) < 4.78 is 17.4. The Balaban J connectivity index is 2.81. The summed E-state index contributed by atoms with van der Waals surface area (Å²) in [5.74, 6) is -1.28. The number of rotatable bonds is 44. The van der Waals surface area contributed by atoms with Crippen LogP contribution in [0.25, 0.3) is 0 Å². The number of hydrogen-bond acceptors (Lipinski definition) is 10. The van der Waals surface area contributed by atoms with Crippen LogP contribution in [0.5, 0.6) is 0 Å². The normalized spacial score (nSPS) is 20.5. The molecular formula is C56H99NO10. The molecule has 1 rings (SSSR count). The summed E-state index contributed by atoms with van der Waals surface area (Å²) in [6.45, 7) is 5.67. The molecule has 0 aromatic rings. The number of nitrogens with one attached hydrogen (secondary N) is 1. The summed E-state index contributed by atoms with van der Waals surface area (Å²) in [7, 11) is 0. The van der Waals surface area contributed by atoms with Gasteiger partial charge in [-0.1, -0.05) is 204 Å². The summed E-state index contributed by atoms with van der Waals surface area (Å²) in [5, 5.41) is 56.6. The molecular weight excluding hydrogens is 847 g/mol. The smallest absolute Gasteiger partial charge is 0.306 e. The Kier molecular flexibility index (Phi) is 41.5. The van der Waals surface area contributed by atoms with Crippen molar-refractivity contribution < 1.29 is 49.3 Å². The Morgan fingerprint density at radius 1 is 0.597 bits per heavy atom. The lowest BCUT2D eigenvalue weighted by molar-refractivity contribution is -0.305. The third-order valence-corrected chi connectivity index (χ3v) is 12.4. The lowest BCUT2D eigenvalue weighted by atomic mass is 9.99. The number of carbonyl (C=O) groups is 2. The summed E-state index contributed by atoms with van der Waals surface area (Å²) in [6.07, 6.45) is 42.8. The maximum absolute atomic E-state index is 13.3. The van der Waals surface area contributed by atoms with E-state index in [0.717, 1.165) is 77.0 Å². The summed E-state index contributed by atoms with van der Waals surface area (Å²) in [4.78, 5) is 26.3. The molecule has 67 heavy (non-hydrogen) atoms. The molecule has 1 aliphatic rings. The van der Waals surface area contributed by atoms with E-state index in [1.807, 2.05) is 18.2 Å². The van der Waals surface area contributed by atoms with Gasteiger partial charge in [0.1, 0.15) is 24.4 Å². The van der Waals surface area contributed by atoms with Gasteiger partial charge >= 0.3 is 5.97 Å². The Morgan fingerprint density at radius 2 is 1.07 bits per heavy atom. The third kappa shape index (κ3) is 33.5. The monoisotopic (exact) mass is 946 g/mol. The average molecular weight is 946 g/mol. The molecule has 11 heteroatoms. The molecule has 6 N–H and O–H groups in total. The van der Waals surface area contributed by atoms with Gasteiger partial charge in [0.15, 0.2) is 12.4 Å². The number of esters is 1.